The third-order valence-electron chi connectivity index (χ3n) is 4.49. The SMILES string of the molecule is C[C@H](Cn1ccnc1)NS(=O)(=O)c1ccc(S(=O)(=O)N2CCCCC2)cc1. The molecule has 1 aliphatic rings. The van der Waals surface area contributed by atoms with Gasteiger partial charge in [-0.3, -0.25) is 0 Å². The predicted octanol–water partition coefficient (Wildman–Crippen LogP) is 1.42. The molecule has 2 aromatic rings. The zero-order chi connectivity index (χ0) is 19.5. The van der Waals surface area contributed by atoms with Crippen molar-refractivity contribution in [2.45, 2.75) is 48.6 Å². The molecule has 2 heterocycles. The van der Waals surface area contributed by atoms with Crippen LogP contribution in [0.5, 0.6) is 0 Å². The molecule has 0 unspecified atom stereocenters. The van der Waals surface area contributed by atoms with Crippen molar-refractivity contribution in [3.63, 3.8) is 0 Å². The summed E-state index contributed by atoms with van der Waals surface area (Å²) < 4.78 is 56.2. The van der Waals surface area contributed by atoms with Gasteiger partial charge in [-0.25, -0.2) is 26.5 Å². The quantitative estimate of drug-likeness (QED) is 0.741. The van der Waals surface area contributed by atoms with Gasteiger partial charge < -0.3 is 4.57 Å². The van der Waals surface area contributed by atoms with E-state index < -0.39 is 20.0 Å². The van der Waals surface area contributed by atoms with Crippen molar-refractivity contribution in [1.82, 2.24) is 18.6 Å². The van der Waals surface area contributed by atoms with Gasteiger partial charge in [-0.15, -0.1) is 0 Å². The van der Waals surface area contributed by atoms with Gasteiger partial charge in [0.25, 0.3) is 0 Å². The smallest absolute Gasteiger partial charge is 0.243 e. The number of hydrogen-bond acceptors (Lipinski definition) is 5. The van der Waals surface area contributed by atoms with Crippen LogP contribution in [-0.2, 0) is 26.6 Å². The van der Waals surface area contributed by atoms with E-state index in [1.165, 1.54) is 28.6 Å². The second-order valence-corrected chi connectivity index (χ2v) is 10.4. The van der Waals surface area contributed by atoms with E-state index in [4.69, 9.17) is 0 Å². The summed E-state index contributed by atoms with van der Waals surface area (Å²) in [4.78, 5) is 4.09. The number of aromatic nitrogens is 2. The monoisotopic (exact) mass is 412 g/mol. The topological polar surface area (TPSA) is 101 Å². The van der Waals surface area contributed by atoms with Gasteiger partial charge >= 0.3 is 0 Å². The highest BCUT2D eigenvalue weighted by atomic mass is 32.2. The van der Waals surface area contributed by atoms with Crippen molar-refractivity contribution in [2.75, 3.05) is 13.1 Å². The van der Waals surface area contributed by atoms with Gasteiger partial charge in [0.05, 0.1) is 16.1 Å². The first-order chi connectivity index (χ1) is 12.8. The van der Waals surface area contributed by atoms with E-state index in [-0.39, 0.29) is 15.8 Å². The molecule has 8 nitrogen and oxygen atoms in total. The lowest BCUT2D eigenvalue weighted by atomic mass is 10.2. The summed E-state index contributed by atoms with van der Waals surface area (Å²) in [7, 11) is -7.32. The average molecular weight is 413 g/mol. The Labute approximate surface area is 160 Å². The molecule has 0 bridgehead atoms. The maximum absolute atomic E-state index is 12.7. The minimum absolute atomic E-state index is 0.0394. The normalized spacial score (nSPS) is 17.7. The van der Waals surface area contributed by atoms with E-state index in [0.29, 0.717) is 19.6 Å². The van der Waals surface area contributed by atoms with Gasteiger partial charge in [0, 0.05) is 38.1 Å². The van der Waals surface area contributed by atoms with Crippen molar-refractivity contribution in [1.29, 1.82) is 0 Å². The molecule has 148 valence electrons. The second kappa shape index (κ2) is 8.09. The molecule has 27 heavy (non-hydrogen) atoms. The molecule has 0 radical (unpaired) electrons. The lowest BCUT2D eigenvalue weighted by Gasteiger charge is -2.25. The molecule has 1 aromatic carbocycles. The minimum atomic E-state index is -3.74. The Morgan fingerprint density at radius 3 is 2.26 bits per heavy atom. The molecular formula is C17H24N4O4S2. The van der Waals surface area contributed by atoms with Crippen LogP contribution in [0.25, 0.3) is 0 Å². The molecule has 0 spiro atoms. The summed E-state index contributed by atoms with van der Waals surface area (Å²) >= 11 is 0. The third kappa shape index (κ3) is 4.75. The number of rotatable bonds is 7. The van der Waals surface area contributed by atoms with Gasteiger partial charge in [-0.05, 0) is 44.0 Å². The maximum atomic E-state index is 12.7. The van der Waals surface area contributed by atoms with Gasteiger partial charge in [-0.2, -0.15) is 4.31 Å². The Morgan fingerprint density at radius 2 is 1.67 bits per heavy atom. The van der Waals surface area contributed by atoms with Crippen molar-refractivity contribution in [3.8, 4) is 0 Å². The van der Waals surface area contributed by atoms with E-state index >= 15 is 0 Å². The van der Waals surface area contributed by atoms with Crippen LogP contribution >= 0.6 is 0 Å². The van der Waals surface area contributed by atoms with Crippen LogP contribution in [-0.4, -0.2) is 49.8 Å². The molecule has 1 atom stereocenters. The molecule has 1 N–H and O–H groups in total. The van der Waals surface area contributed by atoms with Crippen LogP contribution in [0.2, 0.25) is 0 Å². The van der Waals surface area contributed by atoms with E-state index in [0.717, 1.165) is 19.3 Å². The van der Waals surface area contributed by atoms with Crippen LogP contribution < -0.4 is 4.72 Å². The molecule has 1 aromatic heterocycles. The van der Waals surface area contributed by atoms with E-state index in [9.17, 15) is 16.8 Å². The Morgan fingerprint density at radius 1 is 1.04 bits per heavy atom. The number of hydrogen-bond donors (Lipinski definition) is 1. The number of nitrogens with zero attached hydrogens (tertiary/aromatic N) is 3. The van der Waals surface area contributed by atoms with Crippen LogP contribution in [0.4, 0.5) is 0 Å². The van der Waals surface area contributed by atoms with Crippen LogP contribution in [0.1, 0.15) is 26.2 Å². The molecule has 1 saturated heterocycles. The fraction of sp³-hybridized carbons (Fsp3) is 0.471. The summed E-state index contributed by atoms with van der Waals surface area (Å²) in [6, 6.07) is 5.05. The largest absolute Gasteiger partial charge is 0.336 e. The van der Waals surface area contributed by atoms with Crippen molar-refractivity contribution in [2.24, 2.45) is 0 Å². The first-order valence-electron chi connectivity index (χ1n) is 8.87. The number of imidazole rings is 1. The van der Waals surface area contributed by atoms with Gasteiger partial charge in [0.2, 0.25) is 20.0 Å². The highest BCUT2D eigenvalue weighted by Crippen LogP contribution is 2.22. The summed E-state index contributed by atoms with van der Waals surface area (Å²) in [5, 5.41) is 0. The third-order valence-corrected chi connectivity index (χ3v) is 8.01. The summed E-state index contributed by atoms with van der Waals surface area (Å²) in [6.45, 7) is 3.22. The zero-order valence-electron chi connectivity index (χ0n) is 15.2. The van der Waals surface area contributed by atoms with Crippen LogP contribution in [0, 0.1) is 0 Å². The Bertz CT molecular complexity index is 949. The van der Waals surface area contributed by atoms with Gasteiger partial charge in [0.15, 0.2) is 0 Å². The van der Waals surface area contributed by atoms with Gasteiger partial charge in [-0.1, -0.05) is 6.42 Å². The molecule has 3 rings (SSSR count). The fourth-order valence-corrected chi connectivity index (χ4v) is 5.88. The first-order valence-corrected chi connectivity index (χ1v) is 11.8. The lowest BCUT2D eigenvalue weighted by molar-refractivity contribution is 0.346. The van der Waals surface area contributed by atoms with Crippen LogP contribution in [0.3, 0.4) is 0 Å². The van der Waals surface area contributed by atoms with E-state index in [1.54, 1.807) is 30.2 Å². The molecule has 1 fully saturated rings. The number of nitrogens with one attached hydrogen (secondary N) is 1. The van der Waals surface area contributed by atoms with E-state index in [1.807, 2.05) is 0 Å². The molecule has 1 aliphatic heterocycles. The molecule has 0 saturated carbocycles. The minimum Gasteiger partial charge on any atom is -0.336 e. The van der Waals surface area contributed by atoms with Crippen molar-refractivity contribution >= 4 is 20.0 Å². The number of sulfonamides is 2. The standard InChI is InChI=1S/C17H24N4O4S2/c1-15(13-20-12-9-18-14-20)19-26(22,23)16-5-7-17(8-6-16)27(24,25)21-10-3-2-4-11-21/h5-9,12,14-15,19H,2-4,10-11,13H2,1H3/t15-/m1/s1. The molecular weight excluding hydrogens is 388 g/mol. The van der Waals surface area contributed by atoms with E-state index in [2.05, 4.69) is 9.71 Å². The van der Waals surface area contributed by atoms with Crippen LogP contribution in [0.15, 0.2) is 52.8 Å². The summed E-state index contributed by atoms with van der Waals surface area (Å²) in [5.41, 5.74) is 0. The highest BCUT2D eigenvalue weighted by molar-refractivity contribution is 7.89. The molecule has 0 aliphatic carbocycles. The maximum Gasteiger partial charge on any atom is 0.243 e. The Hall–Kier alpha value is -1.75. The van der Waals surface area contributed by atoms with Crippen molar-refractivity contribution in [3.05, 3.63) is 43.0 Å². The molecule has 0 amide bonds. The summed E-state index contributed by atoms with van der Waals surface area (Å²) in [6.07, 6.45) is 7.74. The first kappa shape index (κ1) is 20.0. The number of piperidine rings is 1. The zero-order valence-corrected chi connectivity index (χ0v) is 16.8. The predicted molar refractivity (Wildman–Crippen MR) is 101 cm³/mol. The second-order valence-electron chi connectivity index (χ2n) is 6.72. The highest BCUT2D eigenvalue weighted by Gasteiger charge is 2.26. The number of benzene rings is 1. The van der Waals surface area contributed by atoms with Gasteiger partial charge in [0.1, 0.15) is 0 Å². The van der Waals surface area contributed by atoms with Crippen molar-refractivity contribution < 1.29 is 16.8 Å². The fourth-order valence-electron chi connectivity index (χ4n) is 3.13. The molecule has 10 heteroatoms. The Kier molecular flexibility index (Phi) is 5.99. The lowest BCUT2D eigenvalue weighted by Crippen LogP contribution is -2.36. The average Bonchev–Trinajstić information content (AvgIpc) is 3.15. The summed E-state index contributed by atoms with van der Waals surface area (Å²) in [5.74, 6) is 0. The Balaban J connectivity index is 1.71.